The lowest BCUT2D eigenvalue weighted by Crippen LogP contribution is -2.17. The van der Waals surface area contributed by atoms with E-state index in [4.69, 9.17) is 25.4 Å². The third kappa shape index (κ3) is 4.52. The average Bonchev–Trinajstić information content (AvgIpc) is 3.13. The van der Waals surface area contributed by atoms with E-state index in [1.807, 2.05) is 19.9 Å². The van der Waals surface area contributed by atoms with Crippen molar-refractivity contribution in [2.24, 2.45) is 4.99 Å². The number of fused-ring (bicyclic) bond motifs is 1. The molecule has 0 unspecified atom stereocenters. The van der Waals surface area contributed by atoms with Gasteiger partial charge in [0.1, 0.15) is 21.7 Å². The molecule has 31 heavy (non-hydrogen) atoms. The van der Waals surface area contributed by atoms with Crippen LogP contribution in [0.2, 0.25) is 0 Å². The smallest absolute Gasteiger partial charge is 0.279 e. The average molecular weight is 441 g/mol. The van der Waals surface area contributed by atoms with Crippen molar-refractivity contribution in [3.8, 4) is 35.3 Å². The van der Waals surface area contributed by atoms with Gasteiger partial charge in [0.2, 0.25) is 0 Å². The Morgan fingerprint density at radius 1 is 1.03 bits per heavy atom. The highest BCUT2D eigenvalue weighted by molar-refractivity contribution is 7.16. The first-order valence-corrected chi connectivity index (χ1v) is 10.6. The van der Waals surface area contributed by atoms with Crippen molar-refractivity contribution in [2.45, 2.75) is 20.4 Å². The lowest BCUT2D eigenvalue weighted by Gasteiger charge is -2.11. The Balaban J connectivity index is 2.16. The van der Waals surface area contributed by atoms with Crippen molar-refractivity contribution < 1.29 is 23.7 Å². The summed E-state index contributed by atoms with van der Waals surface area (Å²) < 4.78 is 24.7. The van der Waals surface area contributed by atoms with Gasteiger partial charge in [-0.15, -0.1) is 6.42 Å². The zero-order chi connectivity index (χ0) is 22.4. The summed E-state index contributed by atoms with van der Waals surface area (Å²) in [6.45, 7) is 4.93. The number of hydrogen-bond acceptors (Lipinski definition) is 6. The number of carbonyl (C=O) groups excluding carboxylic acids is 1. The Morgan fingerprint density at radius 2 is 1.68 bits per heavy atom. The first-order valence-electron chi connectivity index (χ1n) is 9.74. The van der Waals surface area contributed by atoms with Crippen LogP contribution in [0.15, 0.2) is 35.3 Å². The molecular weight excluding hydrogens is 416 g/mol. The molecule has 0 aliphatic carbocycles. The zero-order valence-electron chi connectivity index (χ0n) is 17.9. The number of methoxy groups -OCH3 is 2. The summed E-state index contributed by atoms with van der Waals surface area (Å²) in [5.41, 5.74) is 1.12. The zero-order valence-corrected chi connectivity index (χ0v) is 18.7. The van der Waals surface area contributed by atoms with E-state index in [1.54, 1.807) is 43.1 Å². The van der Waals surface area contributed by atoms with Crippen molar-refractivity contribution in [1.29, 1.82) is 0 Å². The van der Waals surface area contributed by atoms with E-state index in [-0.39, 0.29) is 6.54 Å². The number of thiazole rings is 1. The quantitative estimate of drug-likeness (QED) is 0.497. The molecule has 3 rings (SSSR count). The van der Waals surface area contributed by atoms with Gasteiger partial charge in [0.05, 0.1) is 34.0 Å². The number of ether oxygens (including phenoxy) is 4. The van der Waals surface area contributed by atoms with Crippen LogP contribution in [0.4, 0.5) is 0 Å². The predicted octanol–water partition coefficient (Wildman–Crippen LogP) is 3.89. The van der Waals surface area contributed by atoms with Crippen LogP contribution in [0, 0.1) is 12.3 Å². The second-order valence-corrected chi connectivity index (χ2v) is 7.24. The summed E-state index contributed by atoms with van der Waals surface area (Å²) in [6.07, 6.45) is 5.59. The number of benzene rings is 2. The number of nitrogens with zero attached hydrogens (tertiary/aromatic N) is 2. The Morgan fingerprint density at radius 3 is 2.32 bits per heavy atom. The molecule has 0 aliphatic heterocycles. The third-order valence-electron chi connectivity index (χ3n) is 4.43. The molecule has 8 heteroatoms. The maximum Gasteiger partial charge on any atom is 0.279 e. The van der Waals surface area contributed by atoms with Crippen LogP contribution in [0.1, 0.15) is 24.2 Å². The van der Waals surface area contributed by atoms with Crippen molar-refractivity contribution in [3.05, 3.63) is 40.7 Å². The van der Waals surface area contributed by atoms with E-state index < -0.39 is 5.91 Å². The lowest BCUT2D eigenvalue weighted by molar-refractivity contribution is 0.0997. The van der Waals surface area contributed by atoms with E-state index in [0.717, 1.165) is 10.2 Å². The molecule has 2 aromatic carbocycles. The molecule has 0 spiro atoms. The standard InChI is InChI=1S/C23H24N2O5S/c1-6-13-25-20-17(27-4)11-12-18(28-5)21(20)31-23(25)24-22(26)15-9-10-16(29-7-2)19(14-15)30-8-3/h1,9-12,14H,7-8,13H2,2-5H3. The largest absolute Gasteiger partial charge is 0.495 e. The fraction of sp³-hybridized carbons (Fsp3) is 0.304. The number of hydrogen-bond donors (Lipinski definition) is 0. The van der Waals surface area contributed by atoms with Gasteiger partial charge in [-0.1, -0.05) is 17.3 Å². The van der Waals surface area contributed by atoms with Gasteiger partial charge in [-0.3, -0.25) is 4.79 Å². The Hall–Kier alpha value is -3.44. The Bertz CT molecular complexity index is 1200. The highest BCUT2D eigenvalue weighted by Crippen LogP contribution is 2.35. The summed E-state index contributed by atoms with van der Waals surface area (Å²) in [6, 6.07) is 8.63. The molecule has 1 aromatic heterocycles. The molecule has 0 fully saturated rings. The minimum Gasteiger partial charge on any atom is -0.495 e. The molecule has 0 saturated carbocycles. The fourth-order valence-electron chi connectivity index (χ4n) is 3.11. The van der Waals surface area contributed by atoms with Gasteiger partial charge in [-0.25, -0.2) is 0 Å². The van der Waals surface area contributed by atoms with E-state index in [9.17, 15) is 4.79 Å². The van der Waals surface area contributed by atoms with Crippen LogP contribution in [0.5, 0.6) is 23.0 Å². The summed E-state index contributed by atoms with van der Waals surface area (Å²) in [5.74, 6) is 4.56. The molecule has 0 bridgehead atoms. The molecule has 1 heterocycles. The van der Waals surface area contributed by atoms with Gasteiger partial charge in [0.15, 0.2) is 16.3 Å². The van der Waals surface area contributed by atoms with E-state index in [2.05, 4.69) is 10.9 Å². The van der Waals surface area contributed by atoms with Crippen LogP contribution in [-0.4, -0.2) is 37.9 Å². The minimum atomic E-state index is -0.417. The summed E-state index contributed by atoms with van der Waals surface area (Å²) in [7, 11) is 3.17. The van der Waals surface area contributed by atoms with Gasteiger partial charge in [0, 0.05) is 5.56 Å². The highest BCUT2D eigenvalue weighted by Gasteiger charge is 2.17. The molecule has 0 aliphatic rings. The van der Waals surface area contributed by atoms with Crippen LogP contribution >= 0.6 is 11.3 Å². The molecule has 0 N–H and O–H groups in total. The van der Waals surface area contributed by atoms with Crippen LogP contribution < -0.4 is 23.7 Å². The van der Waals surface area contributed by atoms with E-state index in [1.165, 1.54) is 11.3 Å². The van der Waals surface area contributed by atoms with Crippen molar-refractivity contribution in [2.75, 3.05) is 27.4 Å². The summed E-state index contributed by atoms with van der Waals surface area (Å²) in [4.78, 5) is 17.8. The minimum absolute atomic E-state index is 0.225. The van der Waals surface area contributed by atoms with Gasteiger partial charge in [0.25, 0.3) is 5.91 Å². The number of aromatic nitrogens is 1. The van der Waals surface area contributed by atoms with Gasteiger partial charge in [-0.05, 0) is 44.2 Å². The molecular formula is C23H24N2O5S. The van der Waals surface area contributed by atoms with E-state index >= 15 is 0 Å². The summed E-state index contributed by atoms with van der Waals surface area (Å²) in [5, 5.41) is 0. The number of rotatable bonds is 8. The van der Waals surface area contributed by atoms with Gasteiger partial charge in [-0.2, -0.15) is 4.99 Å². The maximum atomic E-state index is 13.0. The molecule has 1 amide bonds. The Labute approximate surface area is 184 Å². The second-order valence-electron chi connectivity index (χ2n) is 6.27. The molecule has 0 radical (unpaired) electrons. The maximum absolute atomic E-state index is 13.0. The predicted molar refractivity (Wildman–Crippen MR) is 120 cm³/mol. The first kappa shape index (κ1) is 22.2. The highest BCUT2D eigenvalue weighted by atomic mass is 32.1. The topological polar surface area (TPSA) is 71.3 Å². The first-order chi connectivity index (χ1) is 15.1. The molecule has 0 saturated heterocycles. The number of carbonyl (C=O) groups is 1. The van der Waals surface area contributed by atoms with Crippen molar-refractivity contribution in [1.82, 2.24) is 4.57 Å². The summed E-state index contributed by atoms with van der Waals surface area (Å²) >= 11 is 1.31. The SMILES string of the molecule is C#CCn1c(=NC(=O)c2ccc(OCC)c(OCC)c2)sc2c(OC)ccc(OC)c21. The monoisotopic (exact) mass is 440 g/mol. The second kappa shape index (κ2) is 10.0. The van der Waals surface area contributed by atoms with E-state index in [0.29, 0.717) is 46.6 Å². The molecule has 0 atom stereocenters. The molecule has 3 aromatic rings. The van der Waals surface area contributed by atoms with Gasteiger partial charge >= 0.3 is 0 Å². The van der Waals surface area contributed by atoms with Crippen LogP contribution in [-0.2, 0) is 6.54 Å². The Kier molecular flexibility index (Phi) is 7.21. The van der Waals surface area contributed by atoms with Gasteiger partial charge < -0.3 is 23.5 Å². The van der Waals surface area contributed by atoms with Crippen LogP contribution in [0.3, 0.4) is 0 Å². The number of amides is 1. The third-order valence-corrected chi connectivity index (χ3v) is 5.52. The molecule has 162 valence electrons. The molecule has 7 nitrogen and oxygen atoms in total. The fourth-order valence-corrected chi connectivity index (χ4v) is 4.25. The van der Waals surface area contributed by atoms with Crippen molar-refractivity contribution in [3.63, 3.8) is 0 Å². The van der Waals surface area contributed by atoms with Crippen LogP contribution in [0.25, 0.3) is 10.2 Å². The normalized spacial score (nSPS) is 11.3. The van der Waals surface area contributed by atoms with Crippen molar-refractivity contribution >= 4 is 27.5 Å². The number of terminal acetylenes is 1. The lowest BCUT2D eigenvalue weighted by atomic mass is 10.2.